The third-order valence-electron chi connectivity index (χ3n) is 2.39. The SMILES string of the molecule is CN(CCCCN=C(N)N)c1ccccc1. The van der Waals surface area contributed by atoms with Gasteiger partial charge < -0.3 is 16.4 Å². The highest BCUT2D eigenvalue weighted by Gasteiger charge is 1.98. The molecule has 0 saturated carbocycles. The van der Waals surface area contributed by atoms with Crippen molar-refractivity contribution in [3.63, 3.8) is 0 Å². The lowest BCUT2D eigenvalue weighted by Gasteiger charge is -2.18. The molecule has 1 aromatic rings. The number of rotatable bonds is 6. The van der Waals surface area contributed by atoms with Crippen LogP contribution in [0.3, 0.4) is 0 Å². The van der Waals surface area contributed by atoms with Crippen molar-refractivity contribution < 1.29 is 0 Å². The summed E-state index contributed by atoms with van der Waals surface area (Å²) in [7, 11) is 2.09. The number of para-hydroxylation sites is 1. The number of hydrogen-bond acceptors (Lipinski definition) is 2. The first-order valence-corrected chi connectivity index (χ1v) is 5.51. The highest BCUT2D eigenvalue weighted by atomic mass is 15.1. The van der Waals surface area contributed by atoms with Gasteiger partial charge in [0.25, 0.3) is 0 Å². The van der Waals surface area contributed by atoms with E-state index in [0.717, 1.165) is 19.4 Å². The Kier molecular flexibility index (Phi) is 5.19. The molecular formula is C12H20N4. The van der Waals surface area contributed by atoms with Gasteiger partial charge in [0.1, 0.15) is 0 Å². The Hall–Kier alpha value is -1.71. The molecule has 88 valence electrons. The predicted octanol–water partition coefficient (Wildman–Crippen LogP) is 1.18. The van der Waals surface area contributed by atoms with Gasteiger partial charge in [-0.05, 0) is 25.0 Å². The highest BCUT2D eigenvalue weighted by Crippen LogP contribution is 2.11. The second-order valence-corrected chi connectivity index (χ2v) is 3.77. The third-order valence-corrected chi connectivity index (χ3v) is 2.39. The van der Waals surface area contributed by atoms with Crippen LogP contribution in [0.5, 0.6) is 0 Å². The summed E-state index contributed by atoms with van der Waals surface area (Å²) in [6.07, 6.45) is 2.09. The fourth-order valence-corrected chi connectivity index (χ4v) is 1.48. The van der Waals surface area contributed by atoms with E-state index in [1.807, 2.05) is 18.2 Å². The average molecular weight is 220 g/mol. The van der Waals surface area contributed by atoms with Gasteiger partial charge >= 0.3 is 0 Å². The molecule has 1 aromatic carbocycles. The molecular weight excluding hydrogens is 200 g/mol. The van der Waals surface area contributed by atoms with Gasteiger partial charge in [-0.25, -0.2) is 0 Å². The molecule has 0 aliphatic heterocycles. The van der Waals surface area contributed by atoms with Crippen LogP contribution < -0.4 is 16.4 Å². The number of benzene rings is 1. The largest absolute Gasteiger partial charge is 0.375 e. The monoisotopic (exact) mass is 220 g/mol. The standard InChI is InChI=1S/C12H20N4/c1-16(11-7-3-2-4-8-11)10-6-5-9-15-12(13)14/h2-4,7-8H,5-6,9-10H2,1H3,(H4,13,14,15). The zero-order valence-corrected chi connectivity index (χ0v) is 9.76. The molecule has 4 nitrogen and oxygen atoms in total. The molecule has 0 spiro atoms. The van der Waals surface area contributed by atoms with Crippen molar-refractivity contribution in [1.29, 1.82) is 0 Å². The number of aliphatic imine (C=N–C) groups is 1. The lowest BCUT2D eigenvalue weighted by molar-refractivity contribution is 0.728. The first-order chi connectivity index (χ1) is 7.70. The number of hydrogen-bond donors (Lipinski definition) is 2. The van der Waals surface area contributed by atoms with Crippen LogP contribution in [0.4, 0.5) is 5.69 Å². The molecule has 1 rings (SSSR count). The van der Waals surface area contributed by atoms with E-state index < -0.39 is 0 Å². The minimum Gasteiger partial charge on any atom is -0.375 e. The van der Waals surface area contributed by atoms with Crippen LogP contribution in [0.2, 0.25) is 0 Å². The lowest BCUT2D eigenvalue weighted by Crippen LogP contribution is -2.23. The Bertz CT molecular complexity index is 317. The molecule has 0 bridgehead atoms. The van der Waals surface area contributed by atoms with Crippen LogP contribution >= 0.6 is 0 Å². The van der Waals surface area contributed by atoms with Crippen molar-refractivity contribution >= 4 is 11.6 Å². The molecule has 0 saturated heterocycles. The van der Waals surface area contributed by atoms with Crippen molar-refractivity contribution in [3.8, 4) is 0 Å². The summed E-state index contributed by atoms with van der Waals surface area (Å²) in [5.41, 5.74) is 11.7. The van der Waals surface area contributed by atoms with Crippen LogP contribution in [0.25, 0.3) is 0 Å². The fourth-order valence-electron chi connectivity index (χ4n) is 1.48. The van der Waals surface area contributed by atoms with Crippen molar-refractivity contribution in [2.45, 2.75) is 12.8 Å². The fraction of sp³-hybridized carbons (Fsp3) is 0.417. The minimum atomic E-state index is 0.177. The topological polar surface area (TPSA) is 67.6 Å². The zero-order chi connectivity index (χ0) is 11.8. The Morgan fingerprint density at radius 2 is 1.88 bits per heavy atom. The number of unbranched alkanes of at least 4 members (excludes halogenated alkanes) is 1. The van der Waals surface area contributed by atoms with Gasteiger partial charge in [0.2, 0.25) is 0 Å². The van der Waals surface area contributed by atoms with Gasteiger partial charge in [-0.1, -0.05) is 18.2 Å². The molecule has 0 radical (unpaired) electrons. The van der Waals surface area contributed by atoms with Gasteiger partial charge in [0, 0.05) is 25.8 Å². The summed E-state index contributed by atoms with van der Waals surface area (Å²) in [5.74, 6) is 0.177. The predicted molar refractivity (Wildman–Crippen MR) is 69.6 cm³/mol. The summed E-state index contributed by atoms with van der Waals surface area (Å²) < 4.78 is 0. The van der Waals surface area contributed by atoms with E-state index in [1.54, 1.807) is 0 Å². The summed E-state index contributed by atoms with van der Waals surface area (Å²) in [6, 6.07) is 10.3. The van der Waals surface area contributed by atoms with Gasteiger partial charge in [0.15, 0.2) is 5.96 Å². The second kappa shape index (κ2) is 6.71. The molecule has 0 aromatic heterocycles. The van der Waals surface area contributed by atoms with Crippen LogP contribution in [0, 0.1) is 0 Å². The Labute approximate surface area is 97.0 Å². The van der Waals surface area contributed by atoms with E-state index in [9.17, 15) is 0 Å². The summed E-state index contributed by atoms with van der Waals surface area (Å²) >= 11 is 0. The maximum absolute atomic E-state index is 5.24. The van der Waals surface area contributed by atoms with E-state index in [2.05, 4.69) is 29.1 Å². The van der Waals surface area contributed by atoms with Crippen molar-refractivity contribution in [2.24, 2.45) is 16.5 Å². The van der Waals surface area contributed by atoms with Crippen LogP contribution in [-0.4, -0.2) is 26.1 Å². The maximum Gasteiger partial charge on any atom is 0.185 e. The molecule has 0 fully saturated rings. The quantitative estimate of drug-likeness (QED) is 0.430. The Morgan fingerprint density at radius 3 is 2.50 bits per heavy atom. The minimum absolute atomic E-state index is 0.177. The van der Waals surface area contributed by atoms with E-state index in [4.69, 9.17) is 11.5 Å². The molecule has 4 N–H and O–H groups in total. The van der Waals surface area contributed by atoms with Crippen LogP contribution in [0.15, 0.2) is 35.3 Å². The smallest absolute Gasteiger partial charge is 0.185 e. The van der Waals surface area contributed by atoms with E-state index >= 15 is 0 Å². The van der Waals surface area contributed by atoms with Gasteiger partial charge in [-0.2, -0.15) is 0 Å². The molecule has 0 unspecified atom stereocenters. The first-order valence-electron chi connectivity index (χ1n) is 5.51. The number of nitrogens with zero attached hydrogens (tertiary/aromatic N) is 2. The van der Waals surface area contributed by atoms with Crippen molar-refractivity contribution in [3.05, 3.63) is 30.3 Å². The Balaban J connectivity index is 2.21. The summed E-state index contributed by atoms with van der Waals surface area (Å²) in [6.45, 7) is 1.73. The summed E-state index contributed by atoms with van der Waals surface area (Å²) in [5, 5.41) is 0. The van der Waals surface area contributed by atoms with Crippen molar-refractivity contribution in [2.75, 3.05) is 25.0 Å². The maximum atomic E-state index is 5.24. The van der Waals surface area contributed by atoms with Crippen molar-refractivity contribution in [1.82, 2.24) is 0 Å². The summed E-state index contributed by atoms with van der Waals surface area (Å²) in [4.78, 5) is 6.18. The van der Waals surface area contributed by atoms with E-state index in [0.29, 0.717) is 6.54 Å². The molecule has 0 amide bonds. The van der Waals surface area contributed by atoms with Gasteiger partial charge in [-0.3, -0.25) is 4.99 Å². The van der Waals surface area contributed by atoms with Crippen LogP contribution in [0.1, 0.15) is 12.8 Å². The number of guanidine groups is 1. The molecule has 0 atom stereocenters. The van der Waals surface area contributed by atoms with Gasteiger partial charge in [-0.15, -0.1) is 0 Å². The van der Waals surface area contributed by atoms with E-state index in [-0.39, 0.29) is 5.96 Å². The average Bonchev–Trinajstić information content (AvgIpc) is 2.29. The Morgan fingerprint density at radius 1 is 1.19 bits per heavy atom. The number of anilines is 1. The molecule has 4 heteroatoms. The molecule has 0 aliphatic rings. The number of nitrogens with two attached hydrogens (primary N) is 2. The second-order valence-electron chi connectivity index (χ2n) is 3.77. The lowest BCUT2D eigenvalue weighted by atomic mass is 10.2. The van der Waals surface area contributed by atoms with Gasteiger partial charge in [0.05, 0.1) is 0 Å². The zero-order valence-electron chi connectivity index (χ0n) is 9.76. The van der Waals surface area contributed by atoms with E-state index in [1.165, 1.54) is 5.69 Å². The van der Waals surface area contributed by atoms with Crippen LogP contribution in [-0.2, 0) is 0 Å². The first kappa shape index (κ1) is 12.4. The molecule has 16 heavy (non-hydrogen) atoms. The highest BCUT2D eigenvalue weighted by molar-refractivity contribution is 5.75. The third kappa shape index (κ3) is 4.68. The molecule has 0 aliphatic carbocycles. The normalized spacial score (nSPS) is 9.81. The molecule has 0 heterocycles.